The highest BCUT2D eigenvalue weighted by molar-refractivity contribution is 5.97. The number of carbonyl (C=O) groups excluding carboxylic acids is 2. The summed E-state index contributed by atoms with van der Waals surface area (Å²) in [7, 11) is 1.30. The lowest BCUT2D eigenvalue weighted by Crippen LogP contribution is -2.39. The number of rotatable bonds is 5. The first-order valence-electron chi connectivity index (χ1n) is 9.99. The number of allylic oxidation sites excluding steroid dienone is 1. The van der Waals surface area contributed by atoms with Crippen LogP contribution in [0, 0.1) is 0 Å². The molecule has 0 saturated carbocycles. The minimum Gasteiger partial charge on any atom is -0.464 e. The Bertz CT molecular complexity index is 1120. The molecule has 2 aromatic heterocycles. The maximum absolute atomic E-state index is 13.3. The number of benzene rings is 1. The minimum absolute atomic E-state index is 0.113. The molecule has 160 valence electrons. The number of nitrogens with zero attached hydrogens (tertiary/aromatic N) is 5. The minimum atomic E-state index is -0.572. The van der Waals surface area contributed by atoms with E-state index in [0.29, 0.717) is 41.6 Å². The van der Waals surface area contributed by atoms with Gasteiger partial charge in [-0.3, -0.25) is 4.79 Å². The van der Waals surface area contributed by atoms with E-state index in [1.54, 1.807) is 30.3 Å². The summed E-state index contributed by atoms with van der Waals surface area (Å²) in [6.45, 7) is 6.65. The van der Waals surface area contributed by atoms with Crippen molar-refractivity contribution in [2.75, 3.05) is 20.2 Å². The number of hydrogen-bond acceptors (Lipinski definition) is 7. The molecule has 3 aromatic rings. The summed E-state index contributed by atoms with van der Waals surface area (Å²) >= 11 is 0. The normalized spacial score (nSPS) is 16.2. The maximum atomic E-state index is 13.3. The largest absolute Gasteiger partial charge is 0.464 e. The summed E-state index contributed by atoms with van der Waals surface area (Å²) < 4.78 is 10.7. The number of piperidine rings is 1. The lowest BCUT2D eigenvalue weighted by molar-refractivity contribution is 0.0592. The first-order valence-corrected chi connectivity index (χ1v) is 9.99. The topological polar surface area (TPSA) is 103 Å². The highest BCUT2D eigenvalue weighted by Gasteiger charge is 2.32. The van der Waals surface area contributed by atoms with E-state index in [1.165, 1.54) is 11.9 Å². The first-order chi connectivity index (χ1) is 15.0. The molecule has 0 N–H and O–H groups in total. The van der Waals surface area contributed by atoms with Crippen LogP contribution in [-0.4, -0.2) is 57.0 Å². The van der Waals surface area contributed by atoms with Gasteiger partial charge in [-0.2, -0.15) is 15.0 Å². The molecule has 0 spiro atoms. The summed E-state index contributed by atoms with van der Waals surface area (Å²) in [6.07, 6.45) is 4.72. The van der Waals surface area contributed by atoms with Crippen LogP contribution in [0.5, 0.6) is 0 Å². The zero-order chi connectivity index (χ0) is 22.0. The van der Waals surface area contributed by atoms with Crippen LogP contribution in [0.15, 0.2) is 47.7 Å². The van der Waals surface area contributed by atoms with Gasteiger partial charge in [0.1, 0.15) is 0 Å². The summed E-state index contributed by atoms with van der Waals surface area (Å²) in [5, 5.41) is 8.30. The lowest BCUT2D eigenvalue weighted by Gasteiger charge is -2.31. The molecule has 1 aliphatic heterocycles. The fraction of sp³-hybridized carbons (Fsp3) is 0.318. The van der Waals surface area contributed by atoms with Crippen molar-refractivity contribution < 1.29 is 18.7 Å². The number of methoxy groups -OCH3 is 1. The molecule has 31 heavy (non-hydrogen) atoms. The molecule has 1 saturated heterocycles. The molecule has 0 unspecified atom stereocenters. The molecule has 1 fully saturated rings. The van der Waals surface area contributed by atoms with E-state index in [9.17, 15) is 9.59 Å². The van der Waals surface area contributed by atoms with Crippen molar-refractivity contribution in [1.82, 2.24) is 24.9 Å². The Labute approximate surface area is 179 Å². The number of ether oxygens (including phenoxy) is 1. The second kappa shape index (κ2) is 8.55. The van der Waals surface area contributed by atoms with Crippen LogP contribution in [0.2, 0.25) is 0 Å². The predicted molar refractivity (Wildman–Crippen MR) is 112 cm³/mol. The van der Waals surface area contributed by atoms with Crippen molar-refractivity contribution in [2.45, 2.75) is 25.7 Å². The Kier molecular flexibility index (Phi) is 5.66. The van der Waals surface area contributed by atoms with Gasteiger partial charge >= 0.3 is 5.97 Å². The third kappa shape index (κ3) is 3.98. The number of aromatic nitrogens is 4. The zero-order valence-electron chi connectivity index (χ0n) is 17.4. The van der Waals surface area contributed by atoms with Gasteiger partial charge in [0.05, 0.1) is 36.7 Å². The number of likely N-dealkylation sites (tertiary alicyclic amines) is 1. The maximum Gasteiger partial charge on any atom is 0.360 e. The Hall–Kier alpha value is -3.75. The second-order valence-corrected chi connectivity index (χ2v) is 7.43. The van der Waals surface area contributed by atoms with Crippen LogP contribution in [-0.2, 0) is 4.74 Å². The van der Waals surface area contributed by atoms with Gasteiger partial charge in [0.2, 0.25) is 5.89 Å². The smallest absolute Gasteiger partial charge is 0.360 e. The van der Waals surface area contributed by atoms with Crippen LogP contribution >= 0.6 is 0 Å². The molecule has 0 radical (unpaired) electrons. The van der Waals surface area contributed by atoms with Crippen molar-refractivity contribution in [3.05, 3.63) is 66.1 Å². The molecule has 1 aliphatic rings. The number of esters is 1. The van der Waals surface area contributed by atoms with E-state index in [1.807, 2.05) is 18.2 Å². The predicted octanol–water partition coefficient (Wildman–Crippen LogP) is 3.09. The van der Waals surface area contributed by atoms with Gasteiger partial charge in [0, 0.05) is 13.1 Å². The molecule has 4 rings (SSSR count). The Morgan fingerprint density at radius 2 is 1.97 bits per heavy atom. The monoisotopic (exact) mass is 421 g/mol. The molecular weight excluding hydrogens is 398 g/mol. The van der Waals surface area contributed by atoms with Crippen LogP contribution in [0.3, 0.4) is 0 Å². The highest BCUT2D eigenvalue weighted by Crippen LogP contribution is 2.31. The quantitative estimate of drug-likeness (QED) is 0.583. The highest BCUT2D eigenvalue weighted by atomic mass is 16.5. The van der Waals surface area contributed by atoms with Gasteiger partial charge < -0.3 is 14.1 Å². The Morgan fingerprint density at radius 1 is 1.23 bits per heavy atom. The number of hydrogen-bond donors (Lipinski definition) is 0. The first kappa shape index (κ1) is 20.5. The zero-order valence-corrected chi connectivity index (χ0v) is 17.4. The standard InChI is InChI=1S/C22H23N5O4/c1-14(2)19-18(22(29)30-3)25-20(31-19)15-7-6-12-26(13-15)21(28)16-8-4-5-9-17(16)27-23-10-11-24-27/h4-5,8-11,15H,1,6-7,12-13H2,2-3H3/t15-/m1/s1. The molecule has 9 heteroatoms. The van der Waals surface area contributed by atoms with Crippen molar-refractivity contribution in [3.8, 4) is 5.69 Å². The molecular formula is C22H23N5O4. The molecule has 3 heterocycles. The van der Waals surface area contributed by atoms with E-state index < -0.39 is 5.97 Å². The van der Waals surface area contributed by atoms with E-state index in [2.05, 4.69) is 21.8 Å². The van der Waals surface area contributed by atoms with Gasteiger partial charge in [0.25, 0.3) is 5.91 Å². The van der Waals surface area contributed by atoms with Gasteiger partial charge in [-0.25, -0.2) is 9.78 Å². The summed E-state index contributed by atoms with van der Waals surface area (Å²) in [6, 6.07) is 7.24. The summed E-state index contributed by atoms with van der Waals surface area (Å²) in [5.74, 6) is -0.0857. The average molecular weight is 421 g/mol. The van der Waals surface area contributed by atoms with Crippen molar-refractivity contribution >= 4 is 17.4 Å². The van der Waals surface area contributed by atoms with Crippen LogP contribution in [0.4, 0.5) is 0 Å². The molecule has 1 aromatic carbocycles. The number of oxazole rings is 1. The summed E-state index contributed by atoms with van der Waals surface area (Å²) in [4.78, 5) is 33.0. The average Bonchev–Trinajstić information content (AvgIpc) is 3.48. The van der Waals surface area contributed by atoms with Crippen LogP contribution in [0.1, 0.15) is 58.2 Å². The molecule has 1 atom stereocenters. The second-order valence-electron chi connectivity index (χ2n) is 7.43. The molecule has 1 amide bonds. The van der Waals surface area contributed by atoms with Gasteiger partial charge in [-0.05, 0) is 37.5 Å². The van der Waals surface area contributed by atoms with E-state index in [0.717, 1.165) is 12.8 Å². The van der Waals surface area contributed by atoms with Crippen molar-refractivity contribution in [3.63, 3.8) is 0 Å². The van der Waals surface area contributed by atoms with E-state index >= 15 is 0 Å². The number of amides is 1. The third-order valence-electron chi connectivity index (χ3n) is 5.24. The van der Waals surface area contributed by atoms with Crippen molar-refractivity contribution in [2.24, 2.45) is 0 Å². The number of carbonyl (C=O) groups is 2. The fourth-order valence-electron chi connectivity index (χ4n) is 3.74. The Morgan fingerprint density at radius 3 is 2.68 bits per heavy atom. The molecule has 0 aliphatic carbocycles. The lowest BCUT2D eigenvalue weighted by atomic mass is 9.97. The number of para-hydroxylation sites is 1. The van der Waals surface area contributed by atoms with Gasteiger partial charge in [-0.1, -0.05) is 18.7 Å². The van der Waals surface area contributed by atoms with Gasteiger partial charge in [0.15, 0.2) is 11.5 Å². The van der Waals surface area contributed by atoms with E-state index in [-0.39, 0.29) is 17.5 Å². The summed E-state index contributed by atoms with van der Waals surface area (Å²) in [5.41, 5.74) is 1.84. The third-order valence-corrected chi connectivity index (χ3v) is 5.24. The Balaban J connectivity index is 1.60. The fourth-order valence-corrected chi connectivity index (χ4v) is 3.74. The van der Waals surface area contributed by atoms with E-state index in [4.69, 9.17) is 9.15 Å². The SMILES string of the molecule is C=C(C)c1oc([C@@H]2CCCN(C(=O)c3ccccc3-n3nccn3)C2)nc1C(=O)OC. The molecule has 9 nitrogen and oxygen atoms in total. The van der Waals surface area contributed by atoms with Crippen molar-refractivity contribution in [1.29, 1.82) is 0 Å². The van der Waals surface area contributed by atoms with Crippen LogP contribution in [0.25, 0.3) is 11.3 Å². The van der Waals surface area contributed by atoms with Crippen LogP contribution < -0.4 is 0 Å². The molecule has 0 bridgehead atoms. The van der Waals surface area contributed by atoms with Gasteiger partial charge in [-0.15, -0.1) is 0 Å².